The lowest BCUT2D eigenvalue weighted by molar-refractivity contribution is 0.306. The van der Waals surface area contributed by atoms with Crippen LogP contribution in [0.3, 0.4) is 0 Å². The Morgan fingerprint density at radius 2 is 1.75 bits per heavy atom. The van der Waals surface area contributed by atoms with E-state index >= 15 is 0 Å². The number of allylic oxidation sites excluding steroid dienone is 2. The first-order valence-electron chi connectivity index (χ1n) is 7.67. The minimum atomic E-state index is 0.815. The van der Waals surface area contributed by atoms with E-state index in [1.807, 2.05) is 0 Å². The highest BCUT2D eigenvalue weighted by Crippen LogP contribution is 2.20. The molecule has 0 fully saturated rings. The van der Waals surface area contributed by atoms with Gasteiger partial charge in [-0.05, 0) is 55.0 Å². The van der Waals surface area contributed by atoms with E-state index in [4.69, 9.17) is 4.74 Å². The molecule has 0 atom stereocenters. The molecule has 0 aliphatic heterocycles. The Bertz CT molecular complexity index is 542. The fraction of sp³-hybridized carbons (Fsp3) is 0.368. The fourth-order valence-corrected chi connectivity index (χ4v) is 2.27. The maximum absolute atomic E-state index is 5.82. The Labute approximate surface area is 122 Å². The van der Waals surface area contributed by atoms with Crippen LogP contribution in [0.2, 0.25) is 0 Å². The lowest BCUT2D eigenvalue weighted by Gasteiger charge is -2.07. The van der Waals surface area contributed by atoms with Gasteiger partial charge in [0.2, 0.25) is 0 Å². The van der Waals surface area contributed by atoms with E-state index < -0.39 is 0 Å². The normalized spacial score (nSPS) is 11.2. The van der Waals surface area contributed by atoms with E-state index in [-0.39, 0.29) is 0 Å². The van der Waals surface area contributed by atoms with Gasteiger partial charge in [0.1, 0.15) is 5.75 Å². The van der Waals surface area contributed by atoms with Crippen molar-refractivity contribution in [3.63, 3.8) is 0 Å². The van der Waals surface area contributed by atoms with Crippen LogP contribution in [0.4, 0.5) is 0 Å². The zero-order valence-corrected chi connectivity index (χ0v) is 12.3. The molecule has 0 saturated carbocycles. The van der Waals surface area contributed by atoms with Gasteiger partial charge >= 0.3 is 0 Å². The number of hydrogen-bond donors (Lipinski definition) is 0. The molecule has 0 aliphatic rings. The highest BCUT2D eigenvalue weighted by atomic mass is 16.5. The van der Waals surface area contributed by atoms with Gasteiger partial charge < -0.3 is 4.74 Å². The van der Waals surface area contributed by atoms with Crippen molar-refractivity contribution in [2.45, 2.75) is 39.0 Å². The lowest BCUT2D eigenvalue weighted by atomic mass is 10.1. The van der Waals surface area contributed by atoms with Gasteiger partial charge in [0.15, 0.2) is 0 Å². The summed E-state index contributed by atoms with van der Waals surface area (Å²) in [5.74, 6) is 0.981. The standard InChI is InChI=1S/C19H24O/c1-2-3-4-5-6-7-10-15-20-19-14-13-17-11-8-9-12-18(17)16-19/h3-4,8-9,11-14,16H,2,5-7,10,15H2,1H3/b4-3-. The van der Waals surface area contributed by atoms with Crippen molar-refractivity contribution < 1.29 is 4.74 Å². The van der Waals surface area contributed by atoms with E-state index in [0.717, 1.165) is 25.2 Å². The molecule has 20 heavy (non-hydrogen) atoms. The van der Waals surface area contributed by atoms with Gasteiger partial charge in [-0.3, -0.25) is 0 Å². The number of ether oxygens (including phenoxy) is 1. The van der Waals surface area contributed by atoms with Gasteiger partial charge in [-0.1, -0.05) is 49.4 Å². The third kappa shape index (κ3) is 4.73. The molecule has 0 aliphatic carbocycles. The van der Waals surface area contributed by atoms with Crippen LogP contribution in [0.5, 0.6) is 5.75 Å². The quantitative estimate of drug-likeness (QED) is 0.438. The second-order valence-corrected chi connectivity index (χ2v) is 5.09. The molecule has 0 aromatic heterocycles. The number of unbranched alkanes of at least 4 members (excludes halogenated alkanes) is 3. The van der Waals surface area contributed by atoms with E-state index in [0.29, 0.717) is 0 Å². The summed E-state index contributed by atoms with van der Waals surface area (Å²) >= 11 is 0. The van der Waals surface area contributed by atoms with Crippen molar-refractivity contribution in [1.82, 2.24) is 0 Å². The Balaban J connectivity index is 1.69. The molecule has 0 heterocycles. The summed E-state index contributed by atoms with van der Waals surface area (Å²) in [7, 11) is 0. The molecule has 2 aromatic carbocycles. The number of hydrogen-bond acceptors (Lipinski definition) is 1. The Morgan fingerprint density at radius 3 is 2.60 bits per heavy atom. The topological polar surface area (TPSA) is 9.23 Å². The maximum atomic E-state index is 5.82. The molecule has 106 valence electrons. The van der Waals surface area contributed by atoms with E-state index in [1.165, 1.54) is 30.0 Å². The first-order valence-corrected chi connectivity index (χ1v) is 7.67. The smallest absolute Gasteiger partial charge is 0.119 e. The Morgan fingerprint density at radius 1 is 0.900 bits per heavy atom. The molecule has 1 heteroatoms. The largest absolute Gasteiger partial charge is 0.494 e. The van der Waals surface area contributed by atoms with Crippen LogP contribution in [0, 0.1) is 0 Å². The van der Waals surface area contributed by atoms with Crippen LogP contribution in [-0.2, 0) is 0 Å². The van der Waals surface area contributed by atoms with Crippen molar-refractivity contribution in [2.24, 2.45) is 0 Å². The van der Waals surface area contributed by atoms with Crippen LogP contribution >= 0.6 is 0 Å². The molecule has 0 saturated heterocycles. The first kappa shape index (κ1) is 14.6. The fourth-order valence-electron chi connectivity index (χ4n) is 2.27. The van der Waals surface area contributed by atoms with Gasteiger partial charge in [-0.25, -0.2) is 0 Å². The first-order chi connectivity index (χ1) is 9.90. The van der Waals surface area contributed by atoms with Crippen LogP contribution in [0.1, 0.15) is 39.0 Å². The molecule has 0 spiro atoms. The minimum Gasteiger partial charge on any atom is -0.494 e. The van der Waals surface area contributed by atoms with E-state index in [9.17, 15) is 0 Å². The third-order valence-electron chi connectivity index (χ3n) is 3.41. The number of fused-ring (bicyclic) bond motifs is 1. The number of rotatable bonds is 8. The average Bonchev–Trinajstić information content (AvgIpc) is 2.50. The Kier molecular flexibility index (Phi) is 6.16. The summed E-state index contributed by atoms with van der Waals surface area (Å²) in [6.07, 6.45) is 10.5. The molecule has 2 aromatic rings. The zero-order valence-electron chi connectivity index (χ0n) is 12.3. The summed E-state index contributed by atoms with van der Waals surface area (Å²) in [6, 6.07) is 14.7. The van der Waals surface area contributed by atoms with Crippen molar-refractivity contribution in [3.05, 3.63) is 54.6 Å². The van der Waals surface area contributed by atoms with Gasteiger partial charge in [-0.2, -0.15) is 0 Å². The summed E-state index contributed by atoms with van der Waals surface area (Å²) in [5.41, 5.74) is 0. The van der Waals surface area contributed by atoms with E-state index in [1.54, 1.807) is 0 Å². The molecular formula is C19H24O. The van der Waals surface area contributed by atoms with Gasteiger partial charge in [0, 0.05) is 0 Å². The van der Waals surface area contributed by atoms with Gasteiger partial charge in [0.05, 0.1) is 6.61 Å². The predicted octanol–water partition coefficient (Wildman–Crippen LogP) is 5.75. The van der Waals surface area contributed by atoms with Crippen molar-refractivity contribution in [3.8, 4) is 5.75 Å². The molecule has 0 bridgehead atoms. The monoisotopic (exact) mass is 268 g/mol. The minimum absolute atomic E-state index is 0.815. The second-order valence-electron chi connectivity index (χ2n) is 5.09. The molecule has 0 unspecified atom stereocenters. The van der Waals surface area contributed by atoms with Crippen molar-refractivity contribution in [1.29, 1.82) is 0 Å². The molecule has 1 nitrogen and oxygen atoms in total. The van der Waals surface area contributed by atoms with Crippen LogP contribution < -0.4 is 4.74 Å². The summed E-state index contributed by atoms with van der Waals surface area (Å²) in [5, 5.41) is 2.51. The lowest BCUT2D eigenvalue weighted by Crippen LogP contribution is -1.97. The molecule has 0 radical (unpaired) electrons. The zero-order chi connectivity index (χ0) is 14.0. The van der Waals surface area contributed by atoms with Gasteiger partial charge in [0.25, 0.3) is 0 Å². The van der Waals surface area contributed by atoms with E-state index in [2.05, 4.69) is 61.5 Å². The molecule has 0 N–H and O–H groups in total. The maximum Gasteiger partial charge on any atom is 0.119 e. The molecular weight excluding hydrogens is 244 g/mol. The summed E-state index contributed by atoms with van der Waals surface area (Å²) < 4.78 is 5.82. The number of benzene rings is 2. The highest BCUT2D eigenvalue weighted by molar-refractivity contribution is 5.83. The summed E-state index contributed by atoms with van der Waals surface area (Å²) in [4.78, 5) is 0. The van der Waals surface area contributed by atoms with Crippen molar-refractivity contribution >= 4 is 10.8 Å². The van der Waals surface area contributed by atoms with Crippen LogP contribution in [0.15, 0.2) is 54.6 Å². The molecule has 0 amide bonds. The predicted molar refractivity (Wildman–Crippen MR) is 87.3 cm³/mol. The summed E-state index contributed by atoms with van der Waals surface area (Å²) in [6.45, 7) is 2.99. The third-order valence-corrected chi connectivity index (χ3v) is 3.41. The van der Waals surface area contributed by atoms with Crippen LogP contribution in [0.25, 0.3) is 10.8 Å². The average molecular weight is 268 g/mol. The Hall–Kier alpha value is -1.76. The SMILES string of the molecule is CC/C=C\CCCCCOc1ccc2ccccc2c1. The highest BCUT2D eigenvalue weighted by Gasteiger charge is 1.97. The van der Waals surface area contributed by atoms with Crippen LogP contribution in [-0.4, -0.2) is 6.61 Å². The second kappa shape index (κ2) is 8.42. The van der Waals surface area contributed by atoms with Crippen molar-refractivity contribution in [2.75, 3.05) is 6.61 Å². The van der Waals surface area contributed by atoms with Gasteiger partial charge in [-0.15, -0.1) is 0 Å². The molecule has 2 rings (SSSR count).